The van der Waals surface area contributed by atoms with Gasteiger partial charge in [0, 0.05) is 45.2 Å². The number of halogens is 4. The number of hydrogen-bond donors (Lipinski definition) is 1. The zero-order valence-electron chi connectivity index (χ0n) is 16.9. The number of rotatable bonds is 4. The highest BCUT2D eigenvalue weighted by Crippen LogP contribution is 2.38. The molecule has 4 aliphatic heterocycles. The fourth-order valence-corrected chi connectivity index (χ4v) is 5.35. The molecule has 1 aromatic rings. The van der Waals surface area contributed by atoms with Crippen molar-refractivity contribution in [2.75, 3.05) is 51.5 Å². The second-order valence-corrected chi connectivity index (χ2v) is 9.07. The van der Waals surface area contributed by atoms with Crippen LogP contribution in [0.25, 0.3) is 0 Å². The standard InChI is InChI=1S/C21H28ClF3N4O/c22-17-12-14(11-16(20(17)26)21(23,24)25)1-2-19(30)29-9-7-28(8-10-29)18-13-27-5-3-15(18)4-6-27/h11-12,15,18H,1-10,13,26H2. The number of piperazine rings is 1. The summed E-state index contributed by atoms with van der Waals surface area (Å²) >= 11 is 5.88. The van der Waals surface area contributed by atoms with Gasteiger partial charge < -0.3 is 15.5 Å². The van der Waals surface area contributed by atoms with E-state index in [1.165, 1.54) is 32.0 Å². The number of amides is 1. The molecule has 2 bridgehead atoms. The Morgan fingerprint density at radius 3 is 2.33 bits per heavy atom. The molecule has 4 fully saturated rings. The van der Waals surface area contributed by atoms with Gasteiger partial charge in [0.15, 0.2) is 0 Å². The summed E-state index contributed by atoms with van der Waals surface area (Å²) in [5.74, 6) is 0.750. The van der Waals surface area contributed by atoms with Gasteiger partial charge in [0.05, 0.1) is 16.3 Å². The van der Waals surface area contributed by atoms with E-state index in [4.69, 9.17) is 17.3 Å². The van der Waals surface area contributed by atoms with Gasteiger partial charge in [0.2, 0.25) is 5.91 Å². The zero-order chi connectivity index (χ0) is 21.5. The van der Waals surface area contributed by atoms with Crippen molar-refractivity contribution in [3.63, 3.8) is 0 Å². The first kappa shape index (κ1) is 21.7. The molecular formula is C21H28ClF3N4O. The smallest absolute Gasteiger partial charge is 0.397 e. The number of aryl methyl sites for hydroxylation is 1. The van der Waals surface area contributed by atoms with E-state index in [9.17, 15) is 18.0 Å². The first-order valence-corrected chi connectivity index (χ1v) is 11.0. The molecule has 0 aromatic heterocycles. The molecular weight excluding hydrogens is 417 g/mol. The molecule has 0 aliphatic carbocycles. The Morgan fingerprint density at radius 2 is 1.77 bits per heavy atom. The molecule has 5 nitrogen and oxygen atoms in total. The molecule has 166 valence electrons. The number of alkyl halides is 3. The summed E-state index contributed by atoms with van der Waals surface area (Å²) in [6.45, 7) is 6.66. The number of benzene rings is 1. The molecule has 2 N–H and O–H groups in total. The van der Waals surface area contributed by atoms with Crippen LogP contribution in [0.2, 0.25) is 5.02 Å². The van der Waals surface area contributed by atoms with Crippen molar-refractivity contribution in [2.24, 2.45) is 5.92 Å². The van der Waals surface area contributed by atoms with Crippen molar-refractivity contribution in [3.05, 3.63) is 28.3 Å². The Morgan fingerprint density at radius 1 is 1.10 bits per heavy atom. The first-order chi connectivity index (χ1) is 14.2. The number of carbonyl (C=O) groups is 1. The zero-order valence-corrected chi connectivity index (χ0v) is 17.7. The van der Waals surface area contributed by atoms with E-state index in [1.807, 2.05) is 4.90 Å². The van der Waals surface area contributed by atoms with Crippen LogP contribution in [-0.4, -0.2) is 72.5 Å². The molecule has 1 unspecified atom stereocenters. The number of nitrogens with zero attached hydrogens (tertiary/aromatic N) is 3. The summed E-state index contributed by atoms with van der Waals surface area (Å²) in [5.41, 5.74) is 4.44. The van der Waals surface area contributed by atoms with Crippen LogP contribution in [0.3, 0.4) is 0 Å². The minimum atomic E-state index is -4.57. The molecule has 30 heavy (non-hydrogen) atoms. The van der Waals surface area contributed by atoms with Crippen LogP contribution in [0.1, 0.15) is 30.4 Å². The van der Waals surface area contributed by atoms with E-state index < -0.39 is 17.4 Å². The first-order valence-electron chi connectivity index (χ1n) is 10.6. The summed E-state index contributed by atoms with van der Waals surface area (Å²) < 4.78 is 39.4. The topological polar surface area (TPSA) is 52.8 Å². The Balaban J connectivity index is 1.30. The quantitative estimate of drug-likeness (QED) is 0.725. The van der Waals surface area contributed by atoms with Gasteiger partial charge in [-0.1, -0.05) is 11.6 Å². The molecule has 4 heterocycles. The Hall–Kier alpha value is -1.51. The maximum absolute atomic E-state index is 13.1. The van der Waals surface area contributed by atoms with E-state index in [2.05, 4.69) is 9.80 Å². The lowest BCUT2D eigenvalue weighted by Gasteiger charge is -2.51. The predicted octanol–water partition coefficient (Wildman–Crippen LogP) is 3.11. The fourth-order valence-electron chi connectivity index (χ4n) is 5.11. The highest BCUT2D eigenvalue weighted by atomic mass is 35.5. The van der Waals surface area contributed by atoms with E-state index >= 15 is 0 Å². The van der Waals surface area contributed by atoms with E-state index in [0.717, 1.165) is 31.6 Å². The van der Waals surface area contributed by atoms with Gasteiger partial charge in [-0.05, 0) is 56.0 Å². The number of carbonyl (C=O) groups excluding carboxylic acids is 1. The van der Waals surface area contributed by atoms with Crippen molar-refractivity contribution in [2.45, 2.75) is 37.9 Å². The van der Waals surface area contributed by atoms with Crippen LogP contribution in [0.5, 0.6) is 0 Å². The third-order valence-electron chi connectivity index (χ3n) is 6.88. The monoisotopic (exact) mass is 444 g/mol. The summed E-state index contributed by atoms with van der Waals surface area (Å²) in [7, 11) is 0. The number of anilines is 1. The lowest BCUT2D eigenvalue weighted by Crippen LogP contribution is -2.61. The summed E-state index contributed by atoms with van der Waals surface area (Å²) in [6, 6.07) is 3.02. The number of nitrogen functional groups attached to an aromatic ring is 1. The largest absolute Gasteiger partial charge is 0.418 e. The number of hydrogen-bond acceptors (Lipinski definition) is 4. The third-order valence-corrected chi connectivity index (χ3v) is 7.19. The van der Waals surface area contributed by atoms with Crippen LogP contribution in [0, 0.1) is 5.92 Å². The number of piperidine rings is 3. The van der Waals surface area contributed by atoms with E-state index in [-0.39, 0.29) is 23.8 Å². The molecule has 0 saturated carbocycles. The molecule has 9 heteroatoms. The van der Waals surface area contributed by atoms with Crippen molar-refractivity contribution in [3.8, 4) is 0 Å². The van der Waals surface area contributed by atoms with Crippen LogP contribution in [-0.2, 0) is 17.4 Å². The minimum Gasteiger partial charge on any atom is -0.397 e. The molecule has 0 spiro atoms. The Labute approximate surface area is 179 Å². The van der Waals surface area contributed by atoms with Gasteiger partial charge >= 0.3 is 6.18 Å². The van der Waals surface area contributed by atoms with Gasteiger partial charge in [-0.25, -0.2) is 0 Å². The minimum absolute atomic E-state index is 0.0231. The van der Waals surface area contributed by atoms with Crippen molar-refractivity contribution in [1.82, 2.24) is 14.7 Å². The van der Waals surface area contributed by atoms with E-state index in [1.54, 1.807) is 0 Å². The Kier molecular flexibility index (Phi) is 6.19. The summed E-state index contributed by atoms with van der Waals surface area (Å²) in [4.78, 5) is 19.5. The normalized spacial score (nSPS) is 27.5. The predicted molar refractivity (Wildman–Crippen MR) is 110 cm³/mol. The van der Waals surface area contributed by atoms with Crippen LogP contribution in [0.15, 0.2) is 12.1 Å². The SMILES string of the molecule is Nc1c(Cl)cc(CCC(=O)N2CCN(C3CN4CCC3CC4)CC2)cc1C(F)(F)F. The average Bonchev–Trinajstić information content (AvgIpc) is 2.74. The Bertz CT molecular complexity index is 787. The summed E-state index contributed by atoms with van der Waals surface area (Å²) in [6.07, 6.45) is -1.65. The van der Waals surface area contributed by atoms with Crippen LogP contribution >= 0.6 is 11.6 Å². The molecule has 0 radical (unpaired) electrons. The summed E-state index contributed by atoms with van der Waals surface area (Å²) in [5, 5.41) is -0.126. The van der Waals surface area contributed by atoms with Gasteiger partial charge in [0.1, 0.15) is 0 Å². The van der Waals surface area contributed by atoms with Crippen LogP contribution in [0.4, 0.5) is 18.9 Å². The third kappa shape index (κ3) is 4.55. The van der Waals surface area contributed by atoms with Gasteiger partial charge in [-0.3, -0.25) is 9.69 Å². The molecule has 4 aliphatic rings. The maximum Gasteiger partial charge on any atom is 0.418 e. The second kappa shape index (κ2) is 8.55. The van der Waals surface area contributed by atoms with Gasteiger partial charge in [-0.15, -0.1) is 0 Å². The van der Waals surface area contributed by atoms with Crippen molar-refractivity contribution in [1.29, 1.82) is 0 Å². The molecule has 5 rings (SSSR count). The van der Waals surface area contributed by atoms with E-state index in [0.29, 0.717) is 24.7 Å². The highest BCUT2D eigenvalue weighted by molar-refractivity contribution is 6.33. The lowest BCUT2D eigenvalue weighted by atomic mass is 9.83. The van der Waals surface area contributed by atoms with Crippen molar-refractivity contribution < 1.29 is 18.0 Å². The molecule has 1 atom stereocenters. The highest BCUT2D eigenvalue weighted by Gasteiger charge is 2.38. The number of fused-ring (bicyclic) bond motifs is 3. The molecule has 1 aromatic carbocycles. The average molecular weight is 445 g/mol. The lowest BCUT2D eigenvalue weighted by molar-refractivity contribution is -0.137. The van der Waals surface area contributed by atoms with Crippen LogP contribution < -0.4 is 5.73 Å². The molecule has 1 amide bonds. The molecule has 4 saturated heterocycles. The van der Waals surface area contributed by atoms with Gasteiger partial charge in [0.25, 0.3) is 0 Å². The fraction of sp³-hybridized carbons (Fsp3) is 0.667. The maximum atomic E-state index is 13.1. The second-order valence-electron chi connectivity index (χ2n) is 8.66. The number of nitrogens with two attached hydrogens (primary N) is 1. The van der Waals surface area contributed by atoms with Crippen molar-refractivity contribution >= 4 is 23.2 Å². The van der Waals surface area contributed by atoms with Gasteiger partial charge in [-0.2, -0.15) is 13.2 Å².